The fourth-order valence-corrected chi connectivity index (χ4v) is 3.67. The minimum atomic E-state index is -0.169. The van der Waals surface area contributed by atoms with E-state index in [2.05, 4.69) is 4.90 Å². The van der Waals surface area contributed by atoms with Crippen LogP contribution in [0.2, 0.25) is 0 Å². The van der Waals surface area contributed by atoms with Gasteiger partial charge >= 0.3 is 0 Å². The summed E-state index contributed by atoms with van der Waals surface area (Å²) in [5.41, 5.74) is 1.23. The molecule has 2 unspecified atom stereocenters. The normalized spacial score (nSPS) is 23.9. The number of likely N-dealkylation sites (tertiary alicyclic amines) is 1. The number of hydrogen-bond donors (Lipinski definition) is 0. The van der Waals surface area contributed by atoms with Crippen molar-refractivity contribution in [3.05, 3.63) is 59.9 Å². The van der Waals surface area contributed by atoms with E-state index < -0.39 is 0 Å². The molecule has 0 amide bonds. The van der Waals surface area contributed by atoms with Gasteiger partial charge < -0.3 is 9.47 Å². The zero-order valence-electron chi connectivity index (χ0n) is 13.7. The molecule has 1 saturated heterocycles. The Bertz CT molecular complexity index is 688. The summed E-state index contributed by atoms with van der Waals surface area (Å²) in [6.45, 7) is 3.53. The molecule has 4 heteroatoms. The zero-order valence-corrected chi connectivity index (χ0v) is 13.7. The van der Waals surface area contributed by atoms with Gasteiger partial charge in [0.15, 0.2) is 11.5 Å². The van der Waals surface area contributed by atoms with E-state index in [1.807, 2.05) is 36.4 Å². The fraction of sp³-hybridized carbons (Fsp3) is 0.400. The molecule has 1 fully saturated rings. The summed E-state index contributed by atoms with van der Waals surface area (Å²) >= 11 is 0. The van der Waals surface area contributed by atoms with Crippen LogP contribution in [0.4, 0.5) is 4.39 Å². The SMILES string of the molecule is Fc1ccc(C2CCCN(CC3COc4ccccc4O3)C2)cc1. The molecular formula is C20H22FNO2. The summed E-state index contributed by atoms with van der Waals surface area (Å²) in [5, 5.41) is 0. The molecule has 0 aliphatic carbocycles. The predicted octanol–water partition coefficient (Wildman–Crippen LogP) is 3.85. The number of fused-ring (bicyclic) bond motifs is 1. The van der Waals surface area contributed by atoms with Crippen molar-refractivity contribution in [2.75, 3.05) is 26.2 Å². The molecular weight excluding hydrogens is 305 g/mol. The minimum Gasteiger partial charge on any atom is -0.486 e. The third-order valence-corrected chi connectivity index (χ3v) is 4.88. The Balaban J connectivity index is 1.38. The topological polar surface area (TPSA) is 21.7 Å². The van der Waals surface area contributed by atoms with E-state index in [9.17, 15) is 4.39 Å². The average molecular weight is 327 g/mol. The predicted molar refractivity (Wildman–Crippen MR) is 91.2 cm³/mol. The van der Waals surface area contributed by atoms with Crippen LogP contribution in [0, 0.1) is 5.82 Å². The lowest BCUT2D eigenvalue weighted by atomic mass is 9.90. The maximum atomic E-state index is 13.1. The largest absolute Gasteiger partial charge is 0.486 e. The number of hydrogen-bond acceptors (Lipinski definition) is 3. The van der Waals surface area contributed by atoms with Gasteiger partial charge in [0.25, 0.3) is 0 Å². The van der Waals surface area contributed by atoms with Gasteiger partial charge in [0.1, 0.15) is 18.5 Å². The molecule has 2 atom stereocenters. The first-order chi connectivity index (χ1) is 11.8. The Labute approximate surface area is 142 Å². The minimum absolute atomic E-state index is 0.0619. The van der Waals surface area contributed by atoms with Gasteiger partial charge in [-0.2, -0.15) is 0 Å². The molecule has 0 radical (unpaired) electrons. The standard InChI is InChI=1S/C20H22FNO2/c21-17-9-7-15(8-10-17)16-4-3-11-22(12-16)13-18-14-23-19-5-1-2-6-20(19)24-18/h1-2,5-10,16,18H,3-4,11-14H2. The second-order valence-electron chi connectivity index (χ2n) is 6.65. The van der Waals surface area contributed by atoms with Crippen molar-refractivity contribution >= 4 is 0 Å². The summed E-state index contributed by atoms with van der Waals surface area (Å²) < 4.78 is 25.0. The number of rotatable bonds is 3. The van der Waals surface area contributed by atoms with Crippen LogP contribution in [0.1, 0.15) is 24.3 Å². The molecule has 126 valence electrons. The van der Waals surface area contributed by atoms with Crippen LogP contribution in [0.3, 0.4) is 0 Å². The van der Waals surface area contributed by atoms with Crippen LogP contribution in [0.5, 0.6) is 11.5 Å². The van der Waals surface area contributed by atoms with Crippen LogP contribution in [0.25, 0.3) is 0 Å². The highest BCUT2D eigenvalue weighted by Gasteiger charge is 2.27. The molecule has 2 aromatic carbocycles. The Morgan fingerprint density at radius 3 is 2.67 bits per heavy atom. The second-order valence-corrected chi connectivity index (χ2v) is 6.65. The number of benzene rings is 2. The number of ether oxygens (including phenoxy) is 2. The highest BCUT2D eigenvalue weighted by Crippen LogP contribution is 2.32. The third-order valence-electron chi connectivity index (χ3n) is 4.88. The van der Waals surface area contributed by atoms with Gasteiger partial charge in [0.2, 0.25) is 0 Å². The maximum Gasteiger partial charge on any atom is 0.161 e. The molecule has 4 rings (SSSR count). The van der Waals surface area contributed by atoms with E-state index in [1.54, 1.807) is 12.1 Å². The van der Waals surface area contributed by atoms with Crippen LogP contribution in [-0.4, -0.2) is 37.2 Å². The monoisotopic (exact) mass is 327 g/mol. The van der Waals surface area contributed by atoms with Gasteiger partial charge in [-0.25, -0.2) is 4.39 Å². The maximum absolute atomic E-state index is 13.1. The lowest BCUT2D eigenvalue weighted by Crippen LogP contribution is -2.44. The van der Waals surface area contributed by atoms with Crippen molar-refractivity contribution in [2.24, 2.45) is 0 Å². The van der Waals surface area contributed by atoms with Gasteiger partial charge in [0.05, 0.1) is 0 Å². The lowest BCUT2D eigenvalue weighted by Gasteiger charge is -2.36. The first-order valence-electron chi connectivity index (χ1n) is 8.64. The van der Waals surface area contributed by atoms with Crippen molar-refractivity contribution in [3.8, 4) is 11.5 Å². The molecule has 0 spiro atoms. The summed E-state index contributed by atoms with van der Waals surface area (Å²) in [6.07, 6.45) is 2.38. The number of piperidine rings is 1. The van der Waals surface area contributed by atoms with Crippen LogP contribution in [0.15, 0.2) is 48.5 Å². The second kappa shape index (κ2) is 6.81. The molecule has 2 aliphatic heterocycles. The van der Waals surface area contributed by atoms with Crippen molar-refractivity contribution in [2.45, 2.75) is 24.9 Å². The molecule has 2 aromatic rings. The third kappa shape index (κ3) is 3.39. The number of para-hydroxylation sites is 2. The van der Waals surface area contributed by atoms with Gasteiger partial charge in [-0.3, -0.25) is 4.90 Å². The van der Waals surface area contributed by atoms with Crippen molar-refractivity contribution < 1.29 is 13.9 Å². The Kier molecular flexibility index (Phi) is 4.39. The highest BCUT2D eigenvalue weighted by molar-refractivity contribution is 5.40. The van der Waals surface area contributed by atoms with E-state index in [0.717, 1.165) is 44.0 Å². The van der Waals surface area contributed by atoms with Crippen molar-refractivity contribution in [1.29, 1.82) is 0 Å². The first-order valence-corrected chi connectivity index (χ1v) is 8.64. The van der Waals surface area contributed by atoms with Crippen LogP contribution >= 0.6 is 0 Å². The van der Waals surface area contributed by atoms with E-state index in [1.165, 1.54) is 5.56 Å². The quantitative estimate of drug-likeness (QED) is 0.855. The van der Waals surface area contributed by atoms with Crippen molar-refractivity contribution in [1.82, 2.24) is 4.90 Å². The molecule has 0 N–H and O–H groups in total. The number of halogens is 1. The molecule has 0 aromatic heterocycles. The molecule has 3 nitrogen and oxygen atoms in total. The highest BCUT2D eigenvalue weighted by atomic mass is 19.1. The van der Waals surface area contributed by atoms with Crippen molar-refractivity contribution in [3.63, 3.8) is 0 Å². The Hall–Kier alpha value is -2.07. The van der Waals surface area contributed by atoms with Gasteiger partial charge in [-0.1, -0.05) is 24.3 Å². The Morgan fingerprint density at radius 1 is 1.04 bits per heavy atom. The summed E-state index contributed by atoms with van der Waals surface area (Å²) in [7, 11) is 0. The molecule has 0 saturated carbocycles. The van der Waals surface area contributed by atoms with Crippen LogP contribution in [-0.2, 0) is 0 Å². The van der Waals surface area contributed by atoms with E-state index in [-0.39, 0.29) is 11.9 Å². The molecule has 2 aliphatic rings. The average Bonchev–Trinajstić information content (AvgIpc) is 2.62. The van der Waals surface area contributed by atoms with Crippen LogP contribution < -0.4 is 9.47 Å². The van der Waals surface area contributed by atoms with Gasteiger partial charge in [-0.05, 0) is 55.1 Å². The molecule has 0 bridgehead atoms. The summed E-state index contributed by atoms with van der Waals surface area (Å²) in [6, 6.07) is 14.8. The lowest BCUT2D eigenvalue weighted by molar-refractivity contribution is 0.0505. The van der Waals surface area contributed by atoms with E-state index in [4.69, 9.17) is 9.47 Å². The van der Waals surface area contributed by atoms with Gasteiger partial charge in [-0.15, -0.1) is 0 Å². The smallest absolute Gasteiger partial charge is 0.161 e. The Morgan fingerprint density at radius 2 is 1.83 bits per heavy atom. The number of nitrogens with zero attached hydrogens (tertiary/aromatic N) is 1. The first kappa shape index (κ1) is 15.5. The molecule has 2 heterocycles. The van der Waals surface area contributed by atoms with Gasteiger partial charge in [0, 0.05) is 13.1 Å². The summed E-state index contributed by atoms with van der Waals surface area (Å²) in [5.74, 6) is 1.96. The zero-order chi connectivity index (χ0) is 16.4. The molecule has 24 heavy (non-hydrogen) atoms. The fourth-order valence-electron chi connectivity index (χ4n) is 3.67. The van der Waals surface area contributed by atoms with E-state index >= 15 is 0 Å². The summed E-state index contributed by atoms with van der Waals surface area (Å²) in [4.78, 5) is 2.44. The van der Waals surface area contributed by atoms with E-state index in [0.29, 0.717) is 12.5 Å².